The Morgan fingerprint density at radius 2 is 1.83 bits per heavy atom. The largest absolute Gasteiger partial charge is 0.361 e. The van der Waals surface area contributed by atoms with Crippen LogP contribution in [-0.2, 0) is 16.7 Å². The maximum absolute atomic E-state index is 12.6. The van der Waals surface area contributed by atoms with Gasteiger partial charge in [0.05, 0.1) is 16.0 Å². The molecule has 0 aliphatic heterocycles. The Kier molecular flexibility index (Phi) is 7.30. The highest BCUT2D eigenvalue weighted by molar-refractivity contribution is 7.89. The van der Waals surface area contributed by atoms with Crippen molar-refractivity contribution in [2.75, 3.05) is 18.4 Å². The second-order valence-electron chi connectivity index (χ2n) is 6.63. The van der Waals surface area contributed by atoms with E-state index in [4.69, 9.17) is 0 Å². The molecule has 0 fully saturated rings. The monoisotopic (exact) mass is 447 g/mol. The van der Waals surface area contributed by atoms with Crippen LogP contribution in [0, 0.1) is 6.92 Å². The molecule has 0 radical (unpaired) electrons. The number of alkyl halides is 1. The molecule has 0 saturated heterocycles. The van der Waals surface area contributed by atoms with Crippen molar-refractivity contribution in [3.05, 3.63) is 76.3 Å². The molecule has 0 atom stereocenters. The molecular formula is C21H22FN3O3S2. The molecule has 1 heterocycles. The lowest BCUT2D eigenvalue weighted by Crippen LogP contribution is -2.26. The first-order chi connectivity index (χ1) is 14.4. The number of ketones is 1. The third-order valence-corrected chi connectivity index (χ3v) is 6.86. The van der Waals surface area contributed by atoms with Gasteiger partial charge in [-0.3, -0.25) is 4.79 Å². The zero-order chi connectivity index (χ0) is 21.6. The van der Waals surface area contributed by atoms with E-state index < -0.39 is 16.7 Å². The first-order valence-corrected chi connectivity index (χ1v) is 11.7. The Morgan fingerprint density at radius 1 is 1.10 bits per heavy atom. The highest BCUT2D eigenvalue weighted by Gasteiger charge is 2.15. The summed E-state index contributed by atoms with van der Waals surface area (Å²) in [6.45, 7) is 1.99. The van der Waals surface area contributed by atoms with Gasteiger partial charge in [-0.25, -0.2) is 22.5 Å². The standard InChI is InChI=1S/C21H22FN3O3S2/c1-15-5-2-3-6-18(15)20(26)19-14-24-21(29-19)23-11-4-12-25-30(27,28)17-9-7-16(13-22)8-10-17/h2-3,5-10,14,25H,4,11-13H2,1H3,(H,23,24). The van der Waals surface area contributed by atoms with Crippen molar-refractivity contribution >= 4 is 32.3 Å². The second-order valence-corrected chi connectivity index (χ2v) is 9.43. The molecule has 158 valence electrons. The number of halogens is 1. The minimum absolute atomic E-state index is 0.0646. The Morgan fingerprint density at radius 3 is 2.53 bits per heavy atom. The topological polar surface area (TPSA) is 88.2 Å². The number of nitrogens with one attached hydrogen (secondary N) is 2. The van der Waals surface area contributed by atoms with E-state index in [1.165, 1.54) is 35.6 Å². The van der Waals surface area contributed by atoms with Crippen LogP contribution in [0.15, 0.2) is 59.6 Å². The van der Waals surface area contributed by atoms with Gasteiger partial charge in [0.15, 0.2) is 5.13 Å². The zero-order valence-corrected chi connectivity index (χ0v) is 18.0. The van der Waals surface area contributed by atoms with E-state index in [1.54, 1.807) is 12.3 Å². The van der Waals surface area contributed by atoms with E-state index >= 15 is 0 Å². The van der Waals surface area contributed by atoms with Crippen LogP contribution in [0.3, 0.4) is 0 Å². The third kappa shape index (κ3) is 5.50. The minimum Gasteiger partial charge on any atom is -0.361 e. The van der Waals surface area contributed by atoms with Crippen LogP contribution >= 0.6 is 11.3 Å². The van der Waals surface area contributed by atoms with Gasteiger partial charge in [-0.2, -0.15) is 0 Å². The Labute approximate surface area is 179 Å². The summed E-state index contributed by atoms with van der Waals surface area (Å²) in [6, 6.07) is 13.1. The second kappa shape index (κ2) is 9.92. The molecule has 0 unspecified atom stereocenters. The average Bonchev–Trinajstić information content (AvgIpc) is 3.22. The van der Waals surface area contributed by atoms with Crippen LogP contribution in [0.4, 0.5) is 9.52 Å². The fourth-order valence-corrected chi connectivity index (χ4v) is 4.62. The number of benzene rings is 2. The van der Waals surface area contributed by atoms with Crippen LogP contribution in [0.25, 0.3) is 0 Å². The predicted octanol–water partition coefficient (Wildman–Crippen LogP) is 3.93. The number of thiazole rings is 1. The van der Waals surface area contributed by atoms with E-state index in [1.807, 2.05) is 25.1 Å². The SMILES string of the molecule is Cc1ccccc1C(=O)c1cnc(NCCCNS(=O)(=O)c2ccc(CF)cc2)s1. The summed E-state index contributed by atoms with van der Waals surface area (Å²) in [7, 11) is -3.63. The van der Waals surface area contributed by atoms with Gasteiger partial charge >= 0.3 is 0 Å². The smallest absolute Gasteiger partial charge is 0.240 e. The van der Waals surface area contributed by atoms with E-state index in [0.29, 0.717) is 34.1 Å². The molecule has 3 aromatic rings. The Hall–Kier alpha value is -2.62. The number of carbonyl (C=O) groups excluding carboxylic acids is 1. The number of nitrogens with zero attached hydrogens (tertiary/aromatic N) is 1. The first-order valence-electron chi connectivity index (χ1n) is 9.35. The van der Waals surface area contributed by atoms with Gasteiger partial charge in [0.1, 0.15) is 6.67 Å². The molecule has 0 bridgehead atoms. The van der Waals surface area contributed by atoms with E-state index in [2.05, 4.69) is 15.0 Å². The molecular weight excluding hydrogens is 425 g/mol. The Bertz CT molecular complexity index is 1110. The molecule has 9 heteroatoms. The van der Waals surface area contributed by atoms with Crippen molar-refractivity contribution in [1.29, 1.82) is 0 Å². The molecule has 3 rings (SSSR count). The van der Waals surface area contributed by atoms with Crippen LogP contribution in [0.5, 0.6) is 0 Å². The number of aryl methyl sites for hydroxylation is 1. The number of hydrogen-bond donors (Lipinski definition) is 2. The summed E-state index contributed by atoms with van der Waals surface area (Å²) in [5.41, 5.74) is 2.00. The van der Waals surface area contributed by atoms with E-state index in [0.717, 1.165) is 5.56 Å². The highest BCUT2D eigenvalue weighted by Crippen LogP contribution is 2.22. The third-order valence-electron chi connectivity index (χ3n) is 4.43. The number of aromatic nitrogens is 1. The van der Waals surface area contributed by atoms with E-state index in [-0.39, 0.29) is 17.2 Å². The minimum atomic E-state index is -3.63. The molecule has 0 amide bonds. The number of carbonyl (C=O) groups is 1. The van der Waals surface area contributed by atoms with Gasteiger partial charge in [-0.1, -0.05) is 47.7 Å². The number of rotatable bonds is 10. The molecule has 0 aliphatic rings. The molecule has 2 N–H and O–H groups in total. The van der Waals surface area contributed by atoms with Gasteiger partial charge in [0.2, 0.25) is 15.8 Å². The molecule has 2 aromatic carbocycles. The van der Waals surface area contributed by atoms with Crippen LogP contribution in [0.2, 0.25) is 0 Å². The molecule has 6 nitrogen and oxygen atoms in total. The predicted molar refractivity (Wildman–Crippen MR) is 116 cm³/mol. The van der Waals surface area contributed by atoms with Crippen LogP contribution < -0.4 is 10.0 Å². The van der Waals surface area contributed by atoms with Crippen LogP contribution in [-0.4, -0.2) is 32.3 Å². The summed E-state index contributed by atoms with van der Waals surface area (Å²) in [5, 5.41) is 3.71. The van der Waals surface area contributed by atoms with E-state index in [9.17, 15) is 17.6 Å². The van der Waals surface area contributed by atoms with Crippen molar-refractivity contribution < 1.29 is 17.6 Å². The summed E-state index contributed by atoms with van der Waals surface area (Å²) in [4.78, 5) is 17.5. The van der Waals surface area contributed by atoms with Crippen molar-refractivity contribution in [3.63, 3.8) is 0 Å². The molecule has 1 aromatic heterocycles. The lowest BCUT2D eigenvalue weighted by atomic mass is 10.0. The lowest BCUT2D eigenvalue weighted by molar-refractivity contribution is 0.104. The van der Waals surface area contributed by atoms with Crippen molar-refractivity contribution in [2.45, 2.75) is 24.9 Å². The quantitative estimate of drug-likeness (QED) is 0.363. The number of hydrogen-bond acceptors (Lipinski definition) is 6. The highest BCUT2D eigenvalue weighted by atomic mass is 32.2. The number of anilines is 1. The normalized spacial score (nSPS) is 11.4. The van der Waals surface area contributed by atoms with Gasteiger partial charge < -0.3 is 5.32 Å². The molecule has 0 aliphatic carbocycles. The van der Waals surface area contributed by atoms with Crippen molar-refractivity contribution in [1.82, 2.24) is 9.71 Å². The van der Waals surface area contributed by atoms with Crippen LogP contribution in [0.1, 0.15) is 32.8 Å². The molecule has 30 heavy (non-hydrogen) atoms. The van der Waals surface area contributed by atoms with Gasteiger partial charge in [0.25, 0.3) is 0 Å². The first kappa shape index (κ1) is 22.1. The Balaban J connectivity index is 1.47. The summed E-state index contributed by atoms with van der Waals surface area (Å²) >= 11 is 1.27. The summed E-state index contributed by atoms with van der Waals surface area (Å²) in [6.07, 6.45) is 2.08. The van der Waals surface area contributed by atoms with Gasteiger partial charge in [-0.05, 0) is 36.6 Å². The molecule has 0 spiro atoms. The van der Waals surface area contributed by atoms with Gasteiger partial charge in [-0.15, -0.1) is 0 Å². The lowest BCUT2D eigenvalue weighted by Gasteiger charge is -2.07. The zero-order valence-electron chi connectivity index (χ0n) is 16.4. The summed E-state index contributed by atoms with van der Waals surface area (Å²) in [5.74, 6) is -0.0646. The van der Waals surface area contributed by atoms with Crippen molar-refractivity contribution in [2.24, 2.45) is 0 Å². The average molecular weight is 448 g/mol. The maximum atomic E-state index is 12.6. The van der Waals surface area contributed by atoms with Gasteiger partial charge in [0, 0.05) is 18.7 Å². The molecule has 0 saturated carbocycles. The fourth-order valence-electron chi connectivity index (χ4n) is 2.75. The maximum Gasteiger partial charge on any atom is 0.240 e. The number of sulfonamides is 1. The summed E-state index contributed by atoms with van der Waals surface area (Å²) < 4.78 is 39.5. The van der Waals surface area contributed by atoms with Crippen molar-refractivity contribution in [3.8, 4) is 0 Å². The fraction of sp³-hybridized carbons (Fsp3) is 0.238.